The summed E-state index contributed by atoms with van der Waals surface area (Å²) in [4.78, 5) is 4.41. The molecule has 0 saturated heterocycles. The van der Waals surface area contributed by atoms with Crippen LogP contribution in [-0.4, -0.2) is 18.6 Å². The second-order valence-corrected chi connectivity index (χ2v) is 3.92. The van der Waals surface area contributed by atoms with Crippen LogP contribution in [-0.2, 0) is 5.41 Å². The number of nitrogens with zero attached hydrogens (tertiary/aromatic N) is 1. The summed E-state index contributed by atoms with van der Waals surface area (Å²) < 4.78 is 5.07. The number of hydrogen-bond acceptors (Lipinski definition) is 3. The molecule has 3 heteroatoms. The molecule has 1 aliphatic rings. The van der Waals surface area contributed by atoms with Crippen molar-refractivity contribution in [1.82, 2.24) is 4.98 Å². The van der Waals surface area contributed by atoms with Gasteiger partial charge >= 0.3 is 0 Å². The lowest BCUT2D eigenvalue weighted by molar-refractivity contribution is 0.245. The Morgan fingerprint density at radius 2 is 2.29 bits per heavy atom. The Labute approximate surface area is 84.3 Å². The molecule has 0 unspecified atom stereocenters. The maximum atomic E-state index is 5.80. The Balaban J connectivity index is 2.23. The highest BCUT2D eigenvalue weighted by molar-refractivity contribution is 5.27. The number of nitrogens with two attached hydrogens (primary N) is 1. The van der Waals surface area contributed by atoms with E-state index < -0.39 is 0 Å². The van der Waals surface area contributed by atoms with Crippen molar-refractivity contribution in [3.05, 3.63) is 24.0 Å². The van der Waals surface area contributed by atoms with E-state index in [1.54, 1.807) is 13.3 Å². The van der Waals surface area contributed by atoms with Gasteiger partial charge < -0.3 is 10.5 Å². The van der Waals surface area contributed by atoms with Crippen LogP contribution in [0, 0.1) is 0 Å². The molecule has 0 bridgehead atoms. The van der Waals surface area contributed by atoms with Crippen molar-refractivity contribution < 1.29 is 4.74 Å². The van der Waals surface area contributed by atoms with Gasteiger partial charge in [0.05, 0.1) is 13.3 Å². The molecule has 1 heterocycles. The molecule has 0 aliphatic heterocycles. The predicted molar refractivity (Wildman–Crippen MR) is 55.4 cm³/mol. The molecule has 1 aliphatic carbocycles. The zero-order valence-electron chi connectivity index (χ0n) is 8.49. The van der Waals surface area contributed by atoms with Crippen LogP contribution in [0.15, 0.2) is 18.3 Å². The largest absolute Gasteiger partial charge is 0.495 e. The van der Waals surface area contributed by atoms with Gasteiger partial charge in [0.15, 0.2) is 0 Å². The van der Waals surface area contributed by atoms with E-state index in [0.29, 0.717) is 6.54 Å². The minimum absolute atomic E-state index is 0.159. The van der Waals surface area contributed by atoms with E-state index in [-0.39, 0.29) is 5.41 Å². The maximum absolute atomic E-state index is 5.80. The van der Waals surface area contributed by atoms with Crippen molar-refractivity contribution in [1.29, 1.82) is 0 Å². The fraction of sp³-hybridized carbons (Fsp3) is 0.545. The number of hydrogen-bond donors (Lipinski definition) is 1. The van der Waals surface area contributed by atoms with Gasteiger partial charge in [0.1, 0.15) is 5.75 Å². The first-order valence-corrected chi connectivity index (χ1v) is 5.01. The lowest BCUT2D eigenvalue weighted by Crippen LogP contribution is -2.42. The van der Waals surface area contributed by atoms with E-state index in [0.717, 1.165) is 11.4 Å². The first kappa shape index (κ1) is 9.46. The Bertz CT molecular complexity index is 298. The van der Waals surface area contributed by atoms with Crippen LogP contribution in [0.1, 0.15) is 25.0 Å². The molecule has 2 rings (SSSR count). The standard InChI is InChI=1S/C11H16N2O/c1-14-9-3-4-10(13-7-9)11(8-12)5-2-6-11/h3-4,7H,2,5-6,8,12H2,1H3. The Kier molecular flexibility index (Phi) is 2.42. The average molecular weight is 192 g/mol. The Morgan fingerprint density at radius 3 is 2.64 bits per heavy atom. The van der Waals surface area contributed by atoms with Crippen LogP contribution >= 0.6 is 0 Å². The summed E-state index contributed by atoms with van der Waals surface area (Å²) >= 11 is 0. The van der Waals surface area contributed by atoms with Crippen molar-refractivity contribution >= 4 is 0 Å². The zero-order valence-corrected chi connectivity index (χ0v) is 8.49. The molecule has 1 fully saturated rings. The summed E-state index contributed by atoms with van der Waals surface area (Å²) in [5, 5.41) is 0. The summed E-state index contributed by atoms with van der Waals surface area (Å²) in [6, 6.07) is 3.99. The van der Waals surface area contributed by atoms with Gasteiger partial charge in [-0.25, -0.2) is 0 Å². The molecule has 1 saturated carbocycles. The molecule has 2 N–H and O–H groups in total. The quantitative estimate of drug-likeness (QED) is 0.789. The van der Waals surface area contributed by atoms with Crippen LogP contribution in [0.5, 0.6) is 5.75 Å². The molecule has 0 aromatic carbocycles. The summed E-state index contributed by atoms with van der Waals surface area (Å²) in [7, 11) is 1.65. The van der Waals surface area contributed by atoms with Gasteiger partial charge in [0, 0.05) is 17.7 Å². The van der Waals surface area contributed by atoms with Gasteiger partial charge in [-0.3, -0.25) is 4.98 Å². The van der Waals surface area contributed by atoms with Crippen molar-refractivity contribution in [2.24, 2.45) is 5.73 Å². The average Bonchev–Trinajstić information content (AvgIpc) is 2.18. The Morgan fingerprint density at radius 1 is 1.50 bits per heavy atom. The van der Waals surface area contributed by atoms with E-state index in [1.165, 1.54) is 19.3 Å². The van der Waals surface area contributed by atoms with E-state index in [1.807, 2.05) is 12.1 Å². The third-order valence-corrected chi connectivity index (χ3v) is 3.22. The predicted octanol–water partition coefficient (Wildman–Crippen LogP) is 1.47. The van der Waals surface area contributed by atoms with Crippen molar-refractivity contribution in [2.75, 3.05) is 13.7 Å². The van der Waals surface area contributed by atoms with E-state index in [4.69, 9.17) is 10.5 Å². The number of pyridine rings is 1. The number of aromatic nitrogens is 1. The SMILES string of the molecule is COc1ccc(C2(CN)CCC2)nc1. The normalized spacial score (nSPS) is 18.7. The fourth-order valence-corrected chi connectivity index (χ4v) is 1.98. The molecular weight excluding hydrogens is 176 g/mol. The lowest BCUT2D eigenvalue weighted by Gasteiger charge is -2.40. The zero-order chi connectivity index (χ0) is 10.0. The maximum Gasteiger partial charge on any atom is 0.137 e. The second-order valence-electron chi connectivity index (χ2n) is 3.92. The van der Waals surface area contributed by atoms with Crippen LogP contribution in [0.3, 0.4) is 0 Å². The fourth-order valence-electron chi connectivity index (χ4n) is 1.98. The van der Waals surface area contributed by atoms with Gasteiger partial charge in [-0.15, -0.1) is 0 Å². The number of rotatable bonds is 3. The first-order valence-electron chi connectivity index (χ1n) is 5.01. The highest BCUT2D eigenvalue weighted by Crippen LogP contribution is 2.41. The lowest BCUT2D eigenvalue weighted by atomic mass is 9.66. The van der Waals surface area contributed by atoms with Crippen LogP contribution < -0.4 is 10.5 Å². The van der Waals surface area contributed by atoms with Crippen molar-refractivity contribution in [2.45, 2.75) is 24.7 Å². The molecule has 1 aromatic rings. The van der Waals surface area contributed by atoms with E-state index in [2.05, 4.69) is 4.98 Å². The summed E-state index contributed by atoms with van der Waals surface area (Å²) in [6.07, 6.45) is 5.38. The number of ether oxygens (including phenoxy) is 1. The first-order chi connectivity index (χ1) is 6.80. The van der Waals surface area contributed by atoms with Gasteiger partial charge in [-0.05, 0) is 25.0 Å². The summed E-state index contributed by atoms with van der Waals surface area (Å²) in [6.45, 7) is 0.701. The highest BCUT2D eigenvalue weighted by atomic mass is 16.5. The topological polar surface area (TPSA) is 48.1 Å². The van der Waals surface area contributed by atoms with Gasteiger partial charge in [0.25, 0.3) is 0 Å². The van der Waals surface area contributed by atoms with Crippen molar-refractivity contribution in [3.63, 3.8) is 0 Å². The van der Waals surface area contributed by atoms with Gasteiger partial charge in [-0.1, -0.05) is 6.42 Å². The smallest absolute Gasteiger partial charge is 0.137 e. The van der Waals surface area contributed by atoms with E-state index >= 15 is 0 Å². The molecule has 3 nitrogen and oxygen atoms in total. The molecule has 0 spiro atoms. The molecule has 0 radical (unpaired) electrons. The van der Waals surface area contributed by atoms with Gasteiger partial charge in [0.2, 0.25) is 0 Å². The minimum Gasteiger partial charge on any atom is -0.495 e. The number of methoxy groups -OCH3 is 1. The summed E-state index contributed by atoms with van der Waals surface area (Å²) in [5.41, 5.74) is 7.08. The molecular formula is C11H16N2O. The monoisotopic (exact) mass is 192 g/mol. The molecule has 1 aromatic heterocycles. The summed E-state index contributed by atoms with van der Waals surface area (Å²) in [5.74, 6) is 0.806. The third-order valence-electron chi connectivity index (χ3n) is 3.22. The van der Waals surface area contributed by atoms with E-state index in [9.17, 15) is 0 Å². The van der Waals surface area contributed by atoms with Crippen LogP contribution in [0.2, 0.25) is 0 Å². The minimum atomic E-state index is 0.159. The van der Waals surface area contributed by atoms with Gasteiger partial charge in [-0.2, -0.15) is 0 Å². The van der Waals surface area contributed by atoms with Crippen molar-refractivity contribution in [3.8, 4) is 5.75 Å². The highest BCUT2D eigenvalue weighted by Gasteiger charge is 2.38. The third kappa shape index (κ3) is 1.38. The second kappa shape index (κ2) is 3.58. The molecule has 0 atom stereocenters. The van der Waals surface area contributed by atoms with Crippen LogP contribution in [0.25, 0.3) is 0 Å². The molecule has 76 valence electrons. The Hall–Kier alpha value is -1.09. The molecule has 0 amide bonds. The van der Waals surface area contributed by atoms with Crippen LogP contribution in [0.4, 0.5) is 0 Å². The molecule has 14 heavy (non-hydrogen) atoms.